The Morgan fingerprint density at radius 1 is 1.03 bits per heavy atom. The van der Waals surface area contributed by atoms with E-state index in [1.54, 1.807) is 17.4 Å². The van der Waals surface area contributed by atoms with Crippen LogP contribution in [0.5, 0.6) is 0 Å². The molecule has 1 aromatic heterocycles. The third kappa shape index (κ3) is 5.21. The number of nitriles is 1. The van der Waals surface area contributed by atoms with Crippen molar-refractivity contribution in [3.8, 4) is 17.2 Å². The molecule has 1 aliphatic carbocycles. The maximum absolute atomic E-state index is 13.2. The van der Waals surface area contributed by atoms with Crippen LogP contribution in [0.2, 0.25) is 0 Å². The number of carboxylic acids is 1. The topological polar surface area (TPSA) is 90.2 Å². The van der Waals surface area contributed by atoms with Gasteiger partial charge in [0, 0.05) is 15.8 Å². The lowest BCUT2D eigenvalue weighted by atomic mass is 9.86. The van der Waals surface area contributed by atoms with Crippen LogP contribution >= 0.6 is 11.3 Å². The van der Waals surface area contributed by atoms with Gasteiger partial charge in [0.05, 0.1) is 23.1 Å². The number of aliphatic carboxylic acids is 1. The Morgan fingerprint density at radius 2 is 1.74 bits per heavy atom. The molecule has 0 saturated heterocycles. The minimum atomic E-state index is -0.736. The predicted octanol–water partition coefficient (Wildman–Crippen LogP) is 5.87. The van der Waals surface area contributed by atoms with Crippen LogP contribution in [0.25, 0.3) is 11.1 Å². The summed E-state index contributed by atoms with van der Waals surface area (Å²) in [4.78, 5) is 26.6. The number of carboxylic acid groups (broad SMARTS) is 1. The van der Waals surface area contributed by atoms with Crippen molar-refractivity contribution in [3.05, 3.63) is 80.5 Å². The van der Waals surface area contributed by atoms with Gasteiger partial charge in [0.2, 0.25) is 0 Å². The van der Waals surface area contributed by atoms with Crippen molar-refractivity contribution in [2.45, 2.75) is 52.0 Å². The van der Waals surface area contributed by atoms with Gasteiger partial charge in [-0.15, -0.1) is 11.3 Å². The fraction of sp³-hybridized carbons (Fsp3) is 0.321. The fourth-order valence-electron chi connectivity index (χ4n) is 4.77. The van der Waals surface area contributed by atoms with Crippen LogP contribution < -0.4 is 5.32 Å². The summed E-state index contributed by atoms with van der Waals surface area (Å²) in [5.41, 5.74) is 5.63. The molecule has 0 aliphatic heterocycles. The van der Waals surface area contributed by atoms with Crippen molar-refractivity contribution < 1.29 is 14.7 Å². The zero-order valence-corrected chi connectivity index (χ0v) is 20.2. The maximum atomic E-state index is 13.2. The summed E-state index contributed by atoms with van der Waals surface area (Å²) in [5.74, 6) is -1.08. The minimum Gasteiger partial charge on any atom is -0.481 e. The van der Waals surface area contributed by atoms with Crippen LogP contribution in [0.3, 0.4) is 0 Å². The van der Waals surface area contributed by atoms with E-state index >= 15 is 0 Å². The van der Waals surface area contributed by atoms with Gasteiger partial charge < -0.3 is 10.4 Å². The summed E-state index contributed by atoms with van der Waals surface area (Å²) in [5, 5.41) is 21.5. The number of nitrogens with zero attached hydrogens (tertiary/aromatic N) is 1. The lowest BCUT2D eigenvalue weighted by Gasteiger charge is -2.27. The summed E-state index contributed by atoms with van der Waals surface area (Å²) in [6, 6.07) is 18.0. The monoisotopic (exact) mass is 472 g/mol. The first kappa shape index (κ1) is 23.7. The van der Waals surface area contributed by atoms with Gasteiger partial charge in [-0.1, -0.05) is 36.4 Å². The van der Waals surface area contributed by atoms with Crippen LogP contribution in [0.4, 0.5) is 0 Å². The van der Waals surface area contributed by atoms with E-state index in [1.165, 1.54) is 0 Å². The molecule has 6 heteroatoms. The first-order chi connectivity index (χ1) is 16.4. The van der Waals surface area contributed by atoms with E-state index in [0.29, 0.717) is 37.7 Å². The standard InChI is InChI=1S/C28H28N2O3S/c1-17-25(15-19-6-8-21(9-7-19)23-5-3-4-20(14-23)16-29)26(18(2)34-17)27(31)30-24-12-10-22(11-13-24)28(32)33/h3-9,14,22,24H,10-13,15H2,1-2H3,(H,30,31)(H,32,33). The number of carbonyl (C=O) groups is 2. The molecule has 0 bridgehead atoms. The van der Waals surface area contributed by atoms with Crippen LogP contribution in [0.15, 0.2) is 48.5 Å². The molecule has 0 unspecified atom stereocenters. The molecule has 34 heavy (non-hydrogen) atoms. The maximum Gasteiger partial charge on any atom is 0.306 e. The fourth-order valence-corrected chi connectivity index (χ4v) is 5.84. The Kier molecular flexibility index (Phi) is 7.14. The number of carbonyl (C=O) groups excluding carboxylic acids is 1. The Hall–Kier alpha value is -3.43. The van der Waals surface area contributed by atoms with Crippen LogP contribution in [-0.4, -0.2) is 23.0 Å². The molecule has 1 saturated carbocycles. The average Bonchev–Trinajstić information content (AvgIpc) is 3.12. The van der Waals surface area contributed by atoms with Gasteiger partial charge in [-0.3, -0.25) is 9.59 Å². The quantitative estimate of drug-likeness (QED) is 0.470. The minimum absolute atomic E-state index is 0.0269. The van der Waals surface area contributed by atoms with Gasteiger partial charge in [-0.25, -0.2) is 0 Å². The lowest BCUT2D eigenvalue weighted by molar-refractivity contribution is -0.142. The highest BCUT2D eigenvalue weighted by molar-refractivity contribution is 7.12. The Labute approximate surface area is 204 Å². The van der Waals surface area contributed by atoms with Crippen molar-refractivity contribution >= 4 is 23.2 Å². The molecule has 1 heterocycles. The number of hydrogen-bond donors (Lipinski definition) is 2. The van der Waals surface area contributed by atoms with E-state index in [-0.39, 0.29) is 17.9 Å². The van der Waals surface area contributed by atoms with E-state index in [9.17, 15) is 14.7 Å². The molecule has 2 aromatic carbocycles. The Balaban J connectivity index is 1.48. The second-order valence-electron chi connectivity index (χ2n) is 8.99. The van der Waals surface area contributed by atoms with E-state index in [1.807, 2.05) is 25.1 Å². The molecule has 1 aliphatic rings. The summed E-state index contributed by atoms with van der Waals surface area (Å²) in [6.07, 6.45) is 3.29. The number of nitrogens with one attached hydrogen (secondary N) is 1. The van der Waals surface area contributed by atoms with Crippen LogP contribution in [0.1, 0.15) is 62.5 Å². The second kappa shape index (κ2) is 10.2. The molecule has 0 radical (unpaired) electrons. The highest BCUT2D eigenvalue weighted by atomic mass is 32.1. The highest BCUT2D eigenvalue weighted by Gasteiger charge is 2.28. The SMILES string of the molecule is Cc1sc(C)c(C(=O)NC2CCC(C(=O)O)CC2)c1Cc1ccc(-c2cccc(C#N)c2)cc1. The molecule has 5 nitrogen and oxygen atoms in total. The molecule has 1 amide bonds. The summed E-state index contributed by atoms with van der Waals surface area (Å²) >= 11 is 1.64. The van der Waals surface area contributed by atoms with Gasteiger partial charge >= 0.3 is 5.97 Å². The number of thiophene rings is 1. The van der Waals surface area contributed by atoms with E-state index in [2.05, 4.69) is 42.6 Å². The lowest BCUT2D eigenvalue weighted by Crippen LogP contribution is -2.39. The molecule has 3 aromatic rings. The van der Waals surface area contributed by atoms with E-state index < -0.39 is 5.97 Å². The van der Waals surface area contributed by atoms with Gasteiger partial charge in [0.1, 0.15) is 0 Å². The van der Waals surface area contributed by atoms with Gasteiger partial charge in [0.15, 0.2) is 0 Å². The molecule has 1 fully saturated rings. The van der Waals surface area contributed by atoms with Gasteiger partial charge in [0.25, 0.3) is 5.91 Å². The van der Waals surface area contributed by atoms with Gasteiger partial charge in [-0.2, -0.15) is 5.26 Å². The number of rotatable bonds is 6. The second-order valence-corrected chi connectivity index (χ2v) is 10.4. The van der Waals surface area contributed by atoms with Gasteiger partial charge in [-0.05, 0) is 80.3 Å². The first-order valence-corrected chi connectivity index (χ1v) is 12.4. The Bertz CT molecular complexity index is 1250. The van der Waals surface area contributed by atoms with E-state index in [4.69, 9.17) is 5.26 Å². The third-order valence-electron chi connectivity index (χ3n) is 6.68. The summed E-state index contributed by atoms with van der Waals surface area (Å²) in [7, 11) is 0. The van der Waals surface area contributed by atoms with Crippen molar-refractivity contribution in [1.29, 1.82) is 5.26 Å². The highest BCUT2D eigenvalue weighted by Crippen LogP contribution is 2.31. The number of aryl methyl sites for hydroxylation is 2. The van der Waals surface area contributed by atoms with Crippen molar-refractivity contribution in [1.82, 2.24) is 5.32 Å². The average molecular weight is 473 g/mol. The number of hydrogen-bond acceptors (Lipinski definition) is 4. The van der Waals surface area contributed by atoms with Crippen molar-refractivity contribution in [3.63, 3.8) is 0 Å². The molecular formula is C28H28N2O3S. The molecule has 174 valence electrons. The predicted molar refractivity (Wildman–Crippen MR) is 134 cm³/mol. The van der Waals surface area contributed by atoms with E-state index in [0.717, 1.165) is 37.6 Å². The summed E-state index contributed by atoms with van der Waals surface area (Å²) < 4.78 is 0. The molecule has 0 spiro atoms. The number of amides is 1. The zero-order chi connectivity index (χ0) is 24.2. The van der Waals surface area contributed by atoms with Crippen molar-refractivity contribution in [2.75, 3.05) is 0 Å². The molecule has 0 atom stereocenters. The molecule has 4 rings (SSSR count). The summed E-state index contributed by atoms with van der Waals surface area (Å²) in [6.45, 7) is 4.05. The van der Waals surface area contributed by atoms with Crippen molar-refractivity contribution in [2.24, 2.45) is 5.92 Å². The normalized spacial score (nSPS) is 17.7. The third-order valence-corrected chi connectivity index (χ3v) is 7.75. The molecule has 2 N–H and O–H groups in total. The Morgan fingerprint density at radius 3 is 2.38 bits per heavy atom. The smallest absolute Gasteiger partial charge is 0.306 e. The zero-order valence-electron chi connectivity index (χ0n) is 19.4. The largest absolute Gasteiger partial charge is 0.481 e. The first-order valence-electron chi connectivity index (χ1n) is 11.6. The number of benzene rings is 2. The molecular weight excluding hydrogens is 444 g/mol. The van der Waals surface area contributed by atoms with Crippen LogP contribution in [-0.2, 0) is 11.2 Å². The van der Waals surface area contributed by atoms with Crippen LogP contribution in [0, 0.1) is 31.1 Å².